The fourth-order valence-electron chi connectivity index (χ4n) is 1.21. The first-order chi connectivity index (χ1) is 7.36. The van der Waals surface area contributed by atoms with Gasteiger partial charge in [0.05, 0.1) is 6.61 Å². The molecule has 0 aliphatic carbocycles. The van der Waals surface area contributed by atoms with Crippen molar-refractivity contribution >= 4 is 15.9 Å². The predicted molar refractivity (Wildman–Crippen MR) is 65.7 cm³/mol. The molecule has 0 aromatic heterocycles. The molecule has 0 bridgehead atoms. The summed E-state index contributed by atoms with van der Waals surface area (Å²) in [4.78, 5) is 0. The van der Waals surface area contributed by atoms with Gasteiger partial charge in [-0.25, -0.2) is 0 Å². The average molecular weight is 273 g/mol. The van der Waals surface area contributed by atoms with Crippen molar-refractivity contribution in [2.75, 3.05) is 20.3 Å². The summed E-state index contributed by atoms with van der Waals surface area (Å²) in [7, 11) is 1.72. The monoisotopic (exact) mass is 272 g/mol. The average Bonchev–Trinajstić information content (AvgIpc) is 2.30. The van der Waals surface area contributed by atoms with Crippen LogP contribution in [0.4, 0.5) is 0 Å². The number of hydrogen-bond donors (Lipinski definition) is 0. The maximum atomic E-state index is 5.58. The van der Waals surface area contributed by atoms with Gasteiger partial charge in [-0.05, 0) is 30.5 Å². The largest absolute Gasteiger partial charge is 0.494 e. The zero-order valence-corrected chi connectivity index (χ0v) is 10.6. The van der Waals surface area contributed by atoms with E-state index in [-0.39, 0.29) is 0 Å². The van der Waals surface area contributed by atoms with Gasteiger partial charge >= 0.3 is 0 Å². The molecule has 0 aliphatic rings. The molecule has 1 rings (SSSR count). The minimum absolute atomic E-state index is 0.761. The highest BCUT2D eigenvalue weighted by Crippen LogP contribution is 2.14. The predicted octanol–water partition coefficient (Wildman–Crippen LogP) is 3.39. The lowest BCUT2D eigenvalue weighted by Crippen LogP contribution is -1.99. The van der Waals surface area contributed by atoms with Gasteiger partial charge < -0.3 is 9.47 Å². The Balaban J connectivity index is 2.20. The summed E-state index contributed by atoms with van der Waals surface area (Å²) in [5, 5.41) is 0.890. The molecule has 0 radical (unpaired) electrons. The van der Waals surface area contributed by atoms with Gasteiger partial charge in [0, 0.05) is 19.0 Å². The van der Waals surface area contributed by atoms with Crippen LogP contribution in [-0.2, 0) is 10.1 Å². The number of ether oxygens (including phenoxy) is 2. The molecule has 0 unspecified atom stereocenters. The molecule has 0 N–H and O–H groups in total. The molecular formula is C12H17BrO2. The van der Waals surface area contributed by atoms with Gasteiger partial charge in [-0.3, -0.25) is 0 Å². The van der Waals surface area contributed by atoms with E-state index in [1.54, 1.807) is 7.11 Å². The smallest absolute Gasteiger partial charge is 0.119 e. The number of methoxy groups -OCH3 is 1. The Labute approximate surface area is 99.7 Å². The van der Waals surface area contributed by atoms with Crippen molar-refractivity contribution in [3.8, 4) is 5.75 Å². The first kappa shape index (κ1) is 12.5. The number of rotatable bonds is 7. The third-order valence-electron chi connectivity index (χ3n) is 2.09. The van der Waals surface area contributed by atoms with Crippen LogP contribution in [0.1, 0.15) is 18.4 Å². The molecule has 1 aromatic rings. The number of hydrogen-bond acceptors (Lipinski definition) is 2. The Morgan fingerprint density at radius 1 is 1.07 bits per heavy atom. The summed E-state index contributed by atoms with van der Waals surface area (Å²) in [5.41, 5.74) is 1.27. The second-order valence-corrected chi connectivity index (χ2v) is 3.89. The van der Waals surface area contributed by atoms with Gasteiger partial charge in [-0.15, -0.1) is 0 Å². The van der Waals surface area contributed by atoms with Gasteiger partial charge in [-0.1, -0.05) is 28.1 Å². The number of unbranched alkanes of at least 4 members (excludes halogenated alkanes) is 1. The van der Waals surface area contributed by atoms with Gasteiger partial charge in [0.15, 0.2) is 0 Å². The van der Waals surface area contributed by atoms with Crippen LogP contribution in [0.15, 0.2) is 24.3 Å². The highest BCUT2D eigenvalue weighted by atomic mass is 79.9. The van der Waals surface area contributed by atoms with Crippen molar-refractivity contribution < 1.29 is 9.47 Å². The second-order valence-electron chi connectivity index (χ2n) is 3.33. The zero-order valence-electron chi connectivity index (χ0n) is 9.04. The molecule has 0 spiro atoms. The topological polar surface area (TPSA) is 18.5 Å². The molecule has 15 heavy (non-hydrogen) atoms. The van der Waals surface area contributed by atoms with Crippen LogP contribution in [0.5, 0.6) is 5.75 Å². The van der Waals surface area contributed by atoms with E-state index in [1.165, 1.54) is 5.56 Å². The highest BCUT2D eigenvalue weighted by Gasteiger charge is 1.94. The van der Waals surface area contributed by atoms with Crippen LogP contribution in [0.3, 0.4) is 0 Å². The van der Waals surface area contributed by atoms with Crippen LogP contribution in [0, 0.1) is 0 Å². The highest BCUT2D eigenvalue weighted by molar-refractivity contribution is 9.08. The standard InChI is InChI=1S/C12H17BrO2/c1-14-8-2-3-9-15-12-6-4-11(10-13)5-7-12/h4-7H,2-3,8-10H2,1H3. The number of benzene rings is 1. The van der Waals surface area contributed by atoms with Gasteiger partial charge in [0.2, 0.25) is 0 Å². The van der Waals surface area contributed by atoms with Crippen molar-refractivity contribution in [2.45, 2.75) is 18.2 Å². The fraction of sp³-hybridized carbons (Fsp3) is 0.500. The maximum absolute atomic E-state index is 5.58. The SMILES string of the molecule is COCCCCOc1ccc(CBr)cc1. The van der Waals surface area contributed by atoms with E-state index in [2.05, 4.69) is 28.1 Å². The Morgan fingerprint density at radius 3 is 2.33 bits per heavy atom. The molecule has 0 fully saturated rings. The van der Waals surface area contributed by atoms with Gasteiger partial charge in [0.25, 0.3) is 0 Å². The molecule has 0 atom stereocenters. The second kappa shape index (κ2) is 7.71. The minimum atomic E-state index is 0.761. The van der Waals surface area contributed by atoms with Crippen LogP contribution >= 0.6 is 15.9 Å². The summed E-state index contributed by atoms with van der Waals surface area (Å²) in [6, 6.07) is 8.15. The summed E-state index contributed by atoms with van der Waals surface area (Å²) in [6.45, 7) is 1.57. The molecule has 84 valence electrons. The van der Waals surface area contributed by atoms with Crippen molar-refractivity contribution in [2.24, 2.45) is 0 Å². The molecule has 0 amide bonds. The van der Waals surface area contributed by atoms with E-state index in [9.17, 15) is 0 Å². The Kier molecular flexibility index (Phi) is 6.44. The molecule has 0 heterocycles. The zero-order chi connectivity index (χ0) is 10.9. The minimum Gasteiger partial charge on any atom is -0.494 e. The maximum Gasteiger partial charge on any atom is 0.119 e. The van der Waals surface area contributed by atoms with E-state index < -0.39 is 0 Å². The lowest BCUT2D eigenvalue weighted by Gasteiger charge is -2.06. The third kappa shape index (κ3) is 5.19. The van der Waals surface area contributed by atoms with Crippen LogP contribution in [0.2, 0.25) is 0 Å². The fourth-order valence-corrected chi connectivity index (χ4v) is 1.59. The van der Waals surface area contributed by atoms with E-state index in [0.717, 1.165) is 37.1 Å². The van der Waals surface area contributed by atoms with Crippen molar-refractivity contribution in [1.29, 1.82) is 0 Å². The lowest BCUT2D eigenvalue weighted by atomic mass is 10.2. The Hall–Kier alpha value is -0.540. The Morgan fingerprint density at radius 2 is 1.73 bits per heavy atom. The van der Waals surface area contributed by atoms with Gasteiger partial charge in [-0.2, -0.15) is 0 Å². The van der Waals surface area contributed by atoms with E-state index in [4.69, 9.17) is 9.47 Å². The van der Waals surface area contributed by atoms with E-state index in [0.29, 0.717) is 0 Å². The number of halogens is 1. The molecule has 0 aliphatic heterocycles. The Bertz CT molecular complexity index is 259. The first-order valence-electron chi connectivity index (χ1n) is 5.13. The van der Waals surface area contributed by atoms with Crippen LogP contribution < -0.4 is 4.74 Å². The van der Waals surface area contributed by atoms with Crippen LogP contribution in [-0.4, -0.2) is 20.3 Å². The van der Waals surface area contributed by atoms with E-state index in [1.807, 2.05) is 12.1 Å². The molecular weight excluding hydrogens is 256 g/mol. The molecule has 3 heteroatoms. The first-order valence-corrected chi connectivity index (χ1v) is 6.25. The van der Waals surface area contributed by atoms with Crippen molar-refractivity contribution in [3.05, 3.63) is 29.8 Å². The van der Waals surface area contributed by atoms with E-state index >= 15 is 0 Å². The molecule has 2 nitrogen and oxygen atoms in total. The van der Waals surface area contributed by atoms with Crippen LogP contribution in [0.25, 0.3) is 0 Å². The van der Waals surface area contributed by atoms with Crippen molar-refractivity contribution in [3.63, 3.8) is 0 Å². The molecule has 1 aromatic carbocycles. The summed E-state index contributed by atoms with van der Waals surface area (Å²) in [6.07, 6.45) is 2.09. The molecule has 0 saturated heterocycles. The summed E-state index contributed by atoms with van der Waals surface area (Å²) in [5.74, 6) is 0.942. The van der Waals surface area contributed by atoms with Crippen molar-refractivity contribution in [1.82, 2.24) is 0 Å². The number of alkyl halides is 1. The summed E-state index contributed by atoms with van der Waals surface area (Å²) < 4.78 is 10.5. The lowest BCUT2D eigenvalue weighted by molar-refractivity contribution is 0.184. The van der Waals surface area contributed by atoms with Gasteiger partial charge in [0.1, 0.15) is 5.75 Å². The summed E-state index contributed by atoms with van der Waals surface area (Å²) >= 11 is 3.41. The normalized spacial score (nSPS) is 10.3. The molecule has 0 saturated carbocycles. The quantitative estimate of drug-likeness (QED) is 0.560. The third-order valence-corrected chi connectivity index (χ3v) is 2.74.